The largest absolute Gasteiger partial charge is 0.336 e. The van der Waals surface area contributed by atoms with Gasteiger partial charge in [0.05, 0.1) is 0 Å². The van der Waals surface area contributed by atoms with E-state index in [9.17, 15) is 4.79 Å². The summed E-state index contributed by atoms with van der Waals surface area (Å²) in [7, 11) is 0. The Morgan fingerprint density at radius 1 is 1.00 bits per heavy atom. The molecule has 0 saturated carbocycles. The summed E-state index contributed by atoms with van der Waals surface area (Å²) in [4.78, 5) is 10.8. The van der Waals surface area contributed by atoms with Crippen molar-refractivity contribution >= 4 is 6.03 Å². The molecule has 0 radical (unpaired) electrons. The Labute approximate surface area is 62.2 Å². The minimum absolute atomic E-state index is 0.0926. The zero-order chi connectivity index (χ0) is 8.15. The van der Waals surface area contributed by atoms with Crippen LogP contribution in [0.5, 0.6) is 0 Å². The van der Waals surface area contributed by atoms with Crippen molar-refractivity contribution in [3.63, 3.8) is 0 Å². The maximum atomic E-state index is 10.8. The van der Waals surface area contributed by atoms with Gasteiger partial charge in [-0.15, -0.1) is 0 Å². The van der Waals surface area contributed by atoms with E-state index in [1.165, 1.54) is 0 Å². The van der Waals surface area contributed by atoms with Crippen molar-refractivity contribution in [3.8, 4) is 0 Å². The Hall–Kier alpha value is -0.730. The van der Waals surface area contributed by atoms with Crippen LogP contribution in [-0.4, -0.2) is 18.1 Å². The standard InChI is InChI=1S/C7H16N2O/c1-5(2)8-7(10)9-6(3)4/h5-6H,1-4H3,(H2,8,9,10)/i1+1,2+1,3+1,4+1,5+1,6+1. The highest BCUT2D eigenvalue weighted by Gasteiger charge is 2.02. The quantitative estimate of drug-likeness (QED) is 0.569. The van der Waals surface area contributed by atoms with Gasteiger partial charge in [-0.2, -0.15) is 0 Å². The fraction of sp³-hybridized carbons (Fsp3) is 0.857. The smallest absolute Gasteiger partial charge is 0.315 e. The van der Waals surface area contributed by atoms with E-state index in [0.717, 1.165) is 0 Å². The van der Waals surface area contributed by atoms with Crippen molar-refractivity contribution in [1.82, 2.24) is 10.6 Å². The zero-order valence-electron chi connectivity index (χ0n) is 7.06. The number of carbonyl (C=O) groups excluding carboxylic acids is 1. The lowest BCUT2D eigenvalue weighted by molar-refractivity contribution is 0.236. The van der Waals surface area contributed by atoms with Gasteiger partial charge in [-0.05, 0) is 27.7 Å². The predicted molar refractivity (Wildman–Crippen MR) is 41.9 cm³/mol. The van der Waals surface area contributed by atoms with Gasteiger partial charge in [0.25, 0.3) is 0 Å². The lowest BCUT2D eigenvalue weighted by Gasteiger charge is -2.11. The molecule has 0 bridgehead atoms. The molecular weight excluding hydrogens is 134 g/mol. The van der Waals surface area contributed by atoms with E-state index in [0.29, 0.717) is 0 Å². The average Bonchev–Trinajstić information content (AvgIpc) is 1.58. The van der Waals surface area contributed by atoms with E-state index in [2.05, 4.69) is 10.6 Å². The summed E-state index contributed by atoms with van der Waals surface area (Å²) in [5.41, 5.74) is 0. The van der Waals surface area contributed by atoms with Gasteiger partial charge < -0.3 is 10.6 Å². The molecule has 2 amide bonds. The van der Waals surface area contributed by atoms with Gasteiger partial charge in [-0.3, -0.25) is 0 Å². The highest BCUT2D eigenvalue weighted by molar-refractivity contribution is 5.74. The van der Waals surface area contributed by atoms with Gasteiger partial charge in [0.15, 0.2) is 0 Å². The average molecular weight is 150 g/mol. The summed E-state index contributed by atoms with van der Waals surface area (Å²) in [6, 6.07) is 0.322. The Balaban J connectivity index is 3.44. The molecule has 3 nitrogen and oxygen atoms in total. The van der Waals surface area contributed by atoms with Crippen molar-refractivity contribution in [2.75, 3.05) is 0 Å². The highest BCUT2D eigenvalue weighted by atomic mass is 16.2. The molecule has 0 aromatic carbocycles. The molecule has 10 heavy (non-hydrogen) atoms. The monoisotopic (exact) mass is 150 g/mol. The molecule has 2 N–H and O–H groups in total. The zero-order valence-corrected chi connectivity index (χ0v) is 7.06. The third-order valence-electron chi connectivity index (χ3n) is 0.840. The fourth-order valence-electron chi connectivity index (χ4n) is 0.566. The van der Waals surface area contributed by atoms with Crippen LogP contribution in [0.25, 0.3) is 0 Å². The molecule has 0 spiro atoms. The van der Waals surface area contributed by atoms with Gasteiger partial charge in [0.1, 0.15) is 0 Å². The summed E-state index contributed by atoms with van der Waals surface area (Å²) in [6.45, 7) is 7.72. The molecule has 0 heterocycles. The molecule has 0 saturated heterocycles. The summed E-state index contributed by atoms with van der Waals surface area (Å²) in [6.07, 6.45) is 0. The van der Waals surface area contributed by atoms with Crippen molar-refractivity contribution < 1.29 is 4.79 Å². The number of hydrogen-bond acceptors (Lipinski definition) is 1. The van der Waals surface area contributed by atoms with Gasteiger partial charge in [0.2, 0.25) is 0 Å². The number of urea groups is 1. The molecule has 0 unspecified atom stereocenters. The summed E-state index contributed by atoms with van der Waals surface area (Å²) in [5.74, 6) is 0. The first-order chi connectivity index (χ1) is 4.52. The maximum absolute atomic E-state index is 10.8. The third kappa shape index (κ3) is 5.41. The van der Waals surface area contributed by atoms with Crippen LogP contribution >= 0.6 is 0 Å². The van der Waals surface area contributed by atoms with Gasteiger partial charge in [0, 0.05) is 12.1 Å². The van der Waals surface area contributed by atoms with Crippen LogP contribution < -0.4 is 10.6 Å². The van der Waals surface area contributed by atoms with Crippen molar-refractivity contribution in [2.24, 2.45) is 0 Å². The van der Waals surface area contributed by atoms with E-state index < -0.39 is 0 Å². The molecular formula is C7H16N2O. The molecule has 0 aromatic rings. The van der Waals surface area contributed by atoms with Gasteiger partial charge in [-0.1, -0.05) is 0 Å². The van der Waals surface area contributed by atoms with Crippen LogP contribution in [0.1, 0.15) is 27.7 Å². The normalized spacial score (nSPS) is 10.2. The molecule has 3 heteroatoms. The molecule has 0 atom stereocenters. The maximum Gasteiger partial charge on any atom is 0.315 e. The lowest BCUT2D eigenvalue weighted by atomic mass is 11.0. The number of carbonyl (C=O) groups is 1. The van der Waals surface area contributed by atoms with Crippen molar-refractivity contribution in [3.05, 3.63) is 0 Å². The predicted octanol–water partition coefficient (Wildman–Crippen LogP) is 1.10. The number of nitrogens with one attached hydrogen (secondary N) is 2. The number of hydrogen-bond donors (Lipinski definition) is 2. The van der Waals surface area contributed by atoms with E-state index >= 15 is 0 Å². The Kier molecular flexibility index (Phi) is 3.84. The van der Waals surface area contributed by atoms with E-state index in [-0.39, 0.29) is 18.1 Å². The second-order valence-corrected chi connectivity index (χ2v) is 2.93. The van der Waals surface area contributed by atoms with E-state index in [1.807, 2.05) is 27.7 Å². The first-order valence-electron chi connectivity index (χ1n) is 3.59. The molecule has 0 rings (SSSR count). The van der Waals surface area contributed by atoms with Crippen LogP contribution in [0.4, 0.5) is 4.79 Å². The van der Waals surface area contributed by atoms with Crippen LogP contribution in [-0.2, 0) is 0 Å². The summed E-state index contributed by atoms with van der Waals surface area (Å²) >= 11 is 0. The van der Waals surface area contributed by atoms with Crippen LogP contribution in [0.3, 0.4) is 0 Å². The van der Waals surface area contributed by atoms with Crippen LogP contribution in [0, 0.1) is 0 Å². The van der Waals surface area contributed by atoms with Crippen LogP contribution in [0.15, 0.2) is 0 Å². The third-order valence-corrected chi connectivity index (χ3v) is 0.840. The Morgan fingerprint density at radius 2 is 1.30 bits per heavy atom. The van der Waals surface area contributed by atoms with Gasteiger partial charge >= 0.3 is 6.03 Å². The number of amides is 2. The van der Waals surface area contributed by atoms with Crippen LogP contribution in [0.2, 0.25) is 0 Å². The molecule has 0 aliphatic carbocycles. The van der Waals surface area contributed by atoms with Gasteiger partial charge in [-0.25, -0.2) is 4.79 Å². The van der Waals surface area contributed by atoms with E-state index in [1.54, 1.807) is 0 Å². The van der Waals surface area contributed by atoms with E-state index in [4.69, 9.17) is 0 Å². The molecule has 0 fully saturated rings. The van der Waals surface area contributed by atoms with Crippen molar-refractivity contribution in [2.45, 2.75) is 39.8 Å². The summed E-state index contributed by atoms with van der Waals surface area (Å²) < 4.78 is 0. The molecule has 0 aliphatic heterocycles. The second kappa shape index (κ2) is 4.14. The Bertz CT molecular complexity index is 98.2. The topological polar surface area (TPSA) is 41.1 Å². The Morgan fingerprint density at radius 3 is 1.50 bits per heavy atom. The molecule has 60 valence electrons. The number of rotatable bonds is 2. The minimum Gasteiger partial charge on any atom is -0.336 e. The second-order valence-electron chi connectivity index (χ2n) is 2.93. The highest BCUT2D eigenvalue weighted by Crippen LogP contribution is 1.79. The van der Waals surface area contributed by atoms with Crippen molar-refractivity contribution in [1.29, 1.82) is 0 Å². The fourth-order valence-corrected chi connectivity index (χ4v) is 0.566. The summed E-state index contributed by atoms with van der Waals surface area (Å²) in [5, 5.41) is 5.45. The first kappa shape index (κ1) is 9.27. The molecule has 0 aromatic heterocycles. The molecule has 0 aliphatic rings. The first-order valence-corrected chi connectivity index (χ1v) is 3.59. The lowest BCUT2D eigenvalue weighted by Crippen LogP contribution is -2.42. The SMILES string of the molecule is [13CH3][13CH]([13CH3])NC(=O)N[13CH]([13CH3])[13CH3]. The minimum atomic E-state index is -0.0926.